The molecule has 2 rings (SSSR count). The van der Waals surface area contributed by atoms with E-state index in [4.69, 9.17) is 5.73 Å². The predicted octanol–water partition coefficient (Wildman–Crippen LogP) is 2.36. The molecule has 1 aromatic carbocycles. The van der Waals surface area contributed by atoms with E-state index in [0.29, 0.717) is 13.1 Å². The van der Waals surface area contributed by atoms with Gasteiger partial charge in [0.05, 0.1) is 4.90 Å². The number of nitrogens with two attached hydrogens (primary N) is 1. The van der Waals surface area contributed by atoms with Crippen molar-refractivity contribution < 1.29 is 12.8 Å². The minimum Gasteiger partial charge on any atom is -0.399 e. The Labute approximate surface area is 113 Å². The molecule has 6 heteroatoms. The quantitative estimate of drug-likeness (QED) is 0.849. The molecule has 0 atom stereocenters. The molecule has 0 aromatic heterocycles. The van der Waals surface area contributed by atoms with Crippen molar-refractivity contribution in [3.05, 3.63) is 24.0 Å². The summed E-state index contributed by atoms with van der Waals surface area (Å²) in [6.45, 7) is 0.998. The second-order valence-corrected chi connectivity index (χ2v) is 6.83. The fourth-order valence-corrected chi connectivity index (χ4v) is 3.92. The molecular weight excluding hydrogens is 267 g/mol. The van der Waals surface area contributed by atoms with Crippen molar-refractivity contribution in [2.45, 2.75) is 37.0 Å². The van der Waals surface area contributed by atoms with Gasteiger partial charge in [-0.25, -0.2) is 12.8 Å². The first-order valence-electron chi connectivity index (χ1n) is 6.56. The molecule has 0 unspecified atom stereocenters. The minimum absolute atomic E-state index is 0.0504. The van der Waals surface area contributed by atoms with Crippen molar-refractivity contribution in [3.63, 3.8) is 0 Å². The first kappa shape index (κ1) is 14.3. The van der Waals surface area contributed by atoms with E-state index >= 15 is 0 Å². The van der Waals surface area contributed by atoms with E-state index in [0.717, 1.165) is 44.2 Å². The molecule has 1 fully saturated rings. The van der Waals surface area contributed by atoms with Gasteiger partial charge in [0.2, 0.25) is 10.0 Å². The van der Waals surface area contributed by atoms with Crippen molar-refractivity contribution in [2.24, 2.45) is 0 Å². The van der Waals surface area contributed by atoms with Crippen molar-refractivity contribution in [2.75, 3.05) is 18.8 Å². The number of hydrogen-bond donors (Lipinski definition) is 1. The Balaban J connectivity index is 2.29. The van der Waals surface area contributed by atoms with Crippen LogP contribution in [0.5, 0.6) is 0 Å². The fraction of sp³-hybridized carbons (Fsp3) is 0.538. The number of hydrogen-bond acceptors (Lipinski definition) is 3. The monoisotopic (exact) mass is 286 g/mol. The van der Waals surface area contributed by atoms with Gasteiger partial charge in [-0.05, 0) is 31.0 Å². The molecular formula is C13H19FN2O2S. The van der Waals surface area contributed by atoms with Crippen LogP contribution in [0.25, 0.3) is 0 Å². The highest BCUT2D eigenvalue weighted by molar-refractivity contribution is 7.89. The zero-order chi connectivity index (χ0) is 13.9. The molecule has 0 spiro atoms. The highest BCUT2D eigenvalue weighted by Crippen LogP contribution is 2.22. The van der Waals surface area contributed by atoms with Gasteiger partial charge in [-0.2, -0.15) is 4.31 Å². The number of halogens is 1. The lowest BCUT2D eigenvalue weighted by Gasteiger charge is -2.24. The van der Waals surface area contributed by atoms with Gasteiger partial charge in [0.25, 0.3) is 0 Å². The smallest absolute Gasteiger partial charge is 0.243 e. The van der Waals surface area contributed by atoms with Crippen LogP contribution in [0.4, 0.5) is 10.1 Å². The zero-order valence-electron chi connectivity index (χ0n) is 10.8. The van der Waals surface area contributed by atoms with Crippen LogP contribution >= 0.6 is 0 Å². The Morgan fingerprint density at radius 3 is 2.16 bits per heavy atom. The van der Waals surface area contributed by atoms with Crippen LogP contribution in [-0.4, -0.2) is 25.8 Å². The van der Waals surface area contributed by atoms with Gasteiger partial charge in [0.15, 0.2) is 0 Å². The largest absolute Gasteiger partial charge is 0.399 e. The third kappa shape index (κ3) is 3.45. The number of nitrogen functional groups attached to an aromatic ring is 1. The lowest BCUT2D eigenvalue weighted by Crippen LogP contribution is -2.34. The third-order valence-electron chi connectivity index (χ3n) is 3.35. The maximum absolute atomic E-state index is 13.3. The fourth-order valence-electron chi connectivity index (χ4n) is 2.34. The number of benzene rings is 1. The van der Waals surface area contributed by atoms with E-state index in [-0.39, 0.29) is 10.6 Å². The van der Waals surface area contributed by atoms with Gasteiger partial charge in [-0.15, -0.1) is 0 Å². The molecule has 19 heavy (non-hydrogen) atoms. The van der Waals surface area contributed by atoms with Gasteiger partial charge in [-0.3, -0.25) is 0 Å². The lowest BCUT2D eigenvalue weighted by atomic mass is 10.1. The van der Waals surface area contributed by atoms with Crippen molar-refractivity contribution in [1.82, 2.24) is 4.31 Å². The van der Waals surface area contributed by atoms with Crippen LogP contribution in [0.1, 0.15) is 32.1 Å². The Hall–Kier alpha value is -1.14. The maximum atomic E-state index is 13.3. The van der Waals surface area contributed by atoms with Crippen LogP contribution < -0.4 is 5.73 Å². The molecule has 106 valence electrons. The third-order valence-corrected chi connectivity index (χ3v) is 5.22. The molecule has 0 amide bonds. The number of sulfonamides is 1. The highest BCUT2D eigenvalue weighted by atomic mass is 32.2. The Morgan fingerprint density at radius 1 is 1.00 bits per heavy atom. The van der Waals surface area contributed by atoms with E-state index in [9.17, 15) is 12.8 Å². The number of rotatable bonds is 2. The topological polar surface area (TPSA) is 63.4 Å². The average molecular weight is 286 g/mol. The maximum Gasteiger partial charge on any atom is 0.243 e. The second-order valence-electron chi connectivity index (χ2n) is 4.89. The summed E-state index contributed by atoms with van der Waals surface area (Å²) >= 11 is 0. The molecule has 1 saturated heterocycles. The highest BCUT2D eigenvalue weighted by Gasteiger charge is 2.25. The standard InChI is InChI=1S/C13H19FN2O2S/c14-11-8-12(15)10-13(9-11)19(17,18)16-6-4-2-1-3-5-7-16/h8-10H,1-7,15H2. The average Bonchev–Trinajstić information content (AvgIpc) is 2.26. The van der Waals surface area contributed by atoms with Crippen LogP contribution in [-0.2, 0) is 10.0 Å². The first-order valence-corrected chi connectivity index (χ1v) is 8.00. The van der Waals surface area contributed by atoms with Gasteiger partial charge in [-0.1, -0.05) is 19.3 Å². The normalized spacial score (nSPS) is 18.8. The molecule has 1 aromatic rings. The van der Waals surface area contributed by atoms with E-state index in [1.54, 1.807) is 0 Å². The van der Waals surface area contributed by atoms with Crippen LogP contribution in [0.2, 0.25) is 0 Å². The van der Waals surface area contributed by atoms with Gasteiger partial charge < -0.3 is 5.73 Å². The summed E-state index contributed by atoms with van der Waals surface area (Å²) in [5, 5.41) is 0. The molecule has 1 aliphatic heterocycles. The predicted molar refractivity (Wildman–Crippen MR) is 72.7 cm³/mol. The van der Waals surface area contributed by atoms with E-state index in [2.05, 4.69) is 0 Å². The summed E-state index contributed by atoms with van der Waals surface area (Å²) in [7, 11) is -3.63. The van der Waals surface area contributed by atoms with Gasteiger partial charge in [0.1, 0.15) is 5.82 Å². The van der Waals surface area contributed by atoms with E-state index < -0.39 is 15.8 Å². The molecule has 0 bridgehead atoms. The number of nitrogens with zero attached hydrogens (tertiary/aromatic N) is 1. The summed E-state index contributed by atoms with van der Waals surface area (Å²) < 4.78 is 39.7. The summed E-state index contributed by atoms with van der Waals surface area (Å²) in [6, 6.07) is 3.47. The summed E-state index contributed by atoms with van der Waals surface area (Å²) in [6.07, 6.45) is 4.93. The van der Waals surface area contributed by atoms with Crippen molar-refractivity contribution >= 4 is 15.7 Å². The molecule has 2 N–H and O–H groups in total. The van der Waals surface area contributed by atoms with E-state index in [1.807, 2.05) is 0 Å². The SMILES string of the molecule is Nc1cc(F)cc(S(=O)(=O)N2CCCCCCC2)c1. The summed E-state index contributed by atoms with van der Waals surface area (Å²) in [4.78, 5) is -0.0504. The summed E-state index contributed by atoms with van der Waals surface area (Å²) in [5.74, 6) is -0.620. The first-order chi connectivity index (χ1) is 9.00. The van der Waals surface area contributed by atoms with Crippen LogP contribution in [0, 0.1) is 5.82 Å². The van der Waals surface area contributed by atoms with Gasteiger partial charge >= 0.3 is 0 Å². The van der Waals surface area contributed by atoms with E-state index in [1.165, 1.54) is 10.4 Å². The van der Waals surface area contributed by atoms with Crippen LogP contribution in [0.3, 0.4) is 0 Å². The second kappa shape index (κ2) is 5.88. The zero-order valence-corrected chi connectivity index (χ0v) is 11.6. The number of anilines is 1. The van der Waals surface area contributed by atoms with Gasteiger partial charge in [0, 0.05) is 18.8 Å². The molecule has 1 aliphatic rings. The molecule has 1 heterocycles. The van der Waals surface area contributed by atoms with Crippen molar-refractivity contribution in [3.8, 4) is 0 Å². The Morgan fingerprint density at radius 2 is 1.58 bits per heavy atom. The Kier molecular flexibility index (Phi) is 4.42. The van der Waals surface area contributed by atoms with Crippen LogP contribution in [0.15, 0.2) is 23.1 Å². The van der Waals surface area contributed by atoms with Crippen molar-refractivity contribution in [1.29, 1.82) is 0 Å². The molecule has 0 saturated carbocycles. The summed E-state index contributed by atoms with van der Waals surface area (Å²) in [5.41, 5.74) is 5.65. The molecule has 0 aliphatic carbocycles. The Bertz CT molecular complexity index is 517. The lowest BCUT2D eigenvalue weighted by molar-refractivity contribution is 0.364. The minimum atomic E-state index is -3.63. The molecule has 4 nitrogen and oxygen atoms in total. The molecule has 0 radical (unpaired) electrons.